The summed E-state index contributed by atoms with van der Waals surface area (Å²) in [6, 6.07) is 11.1. The molecule has 1 heterocycles. The fourth-order valence-electron chi connectivity index (χ4n) is 3.03. The van der Waals surface area contributed by atoms with Gasteiger partial charge in [-0.25, -0.2) is 22.2 Å². The van der Waals surface area contributed by atoms with Crippen molar-refractivity contribution in [3.8, 4) is 6.07 Å². The van der Waals surface area contributed by atoms with Gasteiger partial charge in [0.25, 0.3) is 10.0 Å². The second kappa shape index (κ2) is 12.0. The van der Waals surface area contributed by atoms with E-state index in [9.17, 15) is 22.5 Å². The van der Waals surface area contributed by atoms with E-state index in [0.29, 0.717) is 30.0 Å². The van der Waals surface area contributed by atoms with Crippen molar-refractivity contribution < 1.29 is 17.2 Å². The molecule has 0 aliphatic carbocycles. The van der Waals surface area contributed by atoms with Crippen molar-refractivity contribution >= 4 is 56.9 Å². The predicted octanol–water partition coefficient (Wildman–Crippen LogP) is 4.51. The molecule has 13 heteroatoms. The van der Waals surface area contributed by atoms with E-state index in [0.717, 1.165) is 30.5 Å². The smallest absolute Gasteiger partial charge is 0.266 e. The number of sulfonamides is 1. The van der Waals surface area contributed by atoms with Gasteiger partial charge in [-0.1, -0.05) is 11.6 Å². The minimum atomic E-state index is -4.38. The molecule has 3 rings (SSSR count). The number of benzene rings is 2. The summed E-state index contributed by atoms with van der Waals surface area (Å²) in [6.07, 6.45) is 0.830. The highest BCUT2D eigenvalue weighted by Crippen LogP contribution is 2.35. The standard InChI is InChI=1S/C22H21ClF2N6O2S.ClH/c1-27-7-8-31(2)20-9-14(12-26)3-5-18(20)29-19-11-17(25)21(10-16(19)23)34(32,33)30-22-6-4-15(24)13-28-22;/h3-6,9-11,13,27,29H,7-8H2,1-2H3,(H,28,30);1H. The van der Waals surface area contributed by atoms with Crippen molar-refractivity contribution in [1.82, 2.24) is 10.3 Å². The van der Waals surface area contributed by atoms with E-state index in [4.69, 9.17) is 11.6 Å². The average molecular weight is 543 g/mol. The molecule has 0 bridgehead atoms. The van der Waals surface area contributed by atoms with Crippen LogP contribution in [0.2, 0.25) is 5.02 Å². The molecular formula is C22H22Cl2F2N6O2S. The van der Waals surface area contributed by atoms with E-state index in [1.807, 2.05) is 19.0 Å². The molecule has 0 saturated carbocycles. The molecule has 186 valence electrons. The van der Waals surface area contributed by atoms with E-state index >= 15 is 0 Å². The lowest BCUT2D eigenvalue weighted by Gasteiger charge is -2.23. The van der Waals surface area contributed by atoms with Crippen molar-refractivity contribution in [1.29, 1.82) is 5.26 Å². The summed E-state index contributed by atoms with van der Waals surface area (Å²) >= 11 is 6.29. The highest BCUT2D eigenvalue weighted by atomic mass is 35.5. The van der Waals surface area contributed by atoms with Gasteiger partial charge in [0, 0.05) is 26.2 Å². The van der Waals surface area contributed by atoms with E-state index < -0.39 is 26.6 Å². The van der Waals surface area contributed by atoms with Crippen LogP contribution in [0, 0.1) is 23.0 Å². The van der Waals surface area contributed by atoms with Crippen LogP contribution < -0.4 is 20.3 Å². The molecule has 0 unspecified atom stereocenters. The van der Waals surface area contributed by atoms with Gasteiger partial charge in [-0.2, -0.15) is 5.26 Å². The molecule has 1 aromatic heterocycles. The molecule has 0 atom stereocenters. The highest BCUT2D eigenvalue weighted by Gasteiger charge is 2.23. The van der Waals surface area contributed by atoms with Crippen LogP contribution in [0.4, 0.5) is 31.7 Å². The van der Waals surface area contributed by atoms with Crippen LogP contribution in [-0.4, -0.2) is 40.6 Å². The van der Waals surface area contributed by atoms with Crippen LogP contribution in [-0.2, 0) is 10.0 Å². The van der Waals surface area contributed by atoms with Gasteiger partial charge < -0.3 is 15.5 Å². The van der Waals surface area contributed by atoms with Crippen LogP contribution in [0.1, 0.15) is 5.56 Å². The van der Waals surface area contributed by atoms with Gasteiger partial charge in [0.15, 0.2) is 0 Å². The summed E-state index contributed by atoms with van der Waals surface area (Å²) in [6.45, 7) is 1.31. The van der Waals surface area contributed by atoms with Crippen molar-refractivity contribution in [3.63, 3.8) is 0 Å². The molecule has 0 saturated heterocycles. The number of aromatic nitrogens is 1. The molecule has 0 spiro atoms. The second-order valence-corrected chi connectivity index (χ2v) is 9.28. The topological polar surface area (TPSA) is 110 Å². The maximum atomic E-state index is 14.9. The molecule has 0 aliphatic heterocycles. The number of nitriles is 1. The first-order chi connectivity index (χ1) is 16.1. The number of hydrogen-bond donors (Lipinski definition) is 3. The molecular weight excluding hydrogens is 521 g/mol. The number of anilines is 4. The highest BCUT2D eigenvalue weighted by molar-refractivity contribution is 7.92. The van der Waals surface area contributed by atoms with Crippen molar-refractivity contribution in [2.24, 2.45) is 0 Å². The first-order valence-corrected chi connectivity index (χ1v) is 11.8. The molecule has 0 fully saturated rings. The Bertz CT molecular complexity index is 1340. The lowest BCUT2D eigenvalue weighted by atomic mass is 10.1. The summed E-state index contributed by atoms with van der Waals surface area (Å²) in [5, 5.41) is 15.2. The maximum absolute atomic E-state index is 14.9. The fourth-order valence-corrected chi connectivity index (χ4v) is 4.40. The zero-order valence-electron chi connectivity index (χ0n) is 18.6. The van der Waals surface area contributed by atoms with Crippen LogP contribution in [0.15, 0.2) is 53.6 Å². The Morgan fingerprint density at radius 3 is 2.51 bits per heavy atom. The fraction of sp³-hybridized carbons (Fsp3) is 0.182. The Morgan fingerprint density at radius 2 is 1.89 bits per heavy atom. The molecule has 8 nitrogen and oxygen atoms in total. The zero-order valence-corrected chi connectivity index (χ0v) is 21.0. The summed E-state index contributed by atoms with van der Waals surface area (Å²) in [5.74, 6) is -1.88. The first kappa shape index (κ1) is 28.1. The van der Waals surface area contributed by atoms with Gasteiger partial charge in [-0.05, 0) is 43.4 Å². The Kier molecular flexibility index (Phi) is 9.62. The summed E-state index contributed by atoms with van der Waals surface area (Å²) in [7, 11) is -0.727. The monoisotopic (exact) mass is 542 g/mol. The van der Waals surface area contributed by atoms with E-state index in [-0.39, 0.29) is 28.9 Å². The molecule has 2 aromatic carbocycles. The summed E-state index contributed by atoms with van der Waals surface area (Å²) < 4.78 is 55.3. The number of pyridine rings is 1. The number of rotatable bonds is 9. The quantitative estimate of drug-likeness (QED) is 0.365. The van der Waals surface area contributed by atoms with Crippen molar-refractivity contribution in [2.75, 3.05) is 42.1 Å². The van der Waals surface area contributed by atoms with Crippen LogP contribution >= 0.6 is 24.0 Å². The number of likely N-dealkylation sites (N-methyl/N-ethyl adjacent to an activating group) is 2. The lowest BCUT2D eigenvalue weighted by molar-refractivity contribution is 0.570. The Labute approximate surface area is 213 Å². The van der Waals surface area contributed by atoms with E-state index in [1.165, 1.54) is 0 Å². The predicted molar refractivity (Wildman–Crippen MR) is 135 cm³/mol. The molecule has 0 radical (unpaired) electrons. The van der Waals surface area contributed by atoms with E-state index in [1.54, 1.807) is 18.2 Å². The molecule has 3 N–H and O–H groups in total. The van der Waals surface area contributed by atoms with Crippen LogP contribution in [0.5, 0.6) is 0 Å². The first-order valence-electron chi connectivity index (χ1n) is 9.95. The molecule has 0 aliphatic rings. The third kappa shape index (κ3) is 6.93. The van der Waals surface area contributed by atoms with Crippen LogP contribution in [0.3, 0.4) is 0 Å². The van der Waals surface area contributed by atoms with Gasteiger partial charge in [0.2, 0.25) is 0 Å². The van der Waals surface area contributed by atoms with Gasteiger partial charge in [0.05, 0.1) is 39.9 Å². The maximum Gasteiger partial charge on any atom is 0.266 e. The van der Waals surface area contributed by atoms with E-state index in [2.05, 4.69) is 26.4 Å². The number of nitrogens with zero attached hydrogens (tertiary/aromatic N) is 3. The van der Waals surface area contributed by atoms with Gasteiger partial charge in [-0.15, -0.1) is 12.4 Å². The van der Waals surface area contributed by atoms with Crippen molar-refractivity contribution in [3.05, 3.63) is 70.9 Å². The Balaban J connectivity index is 0.00000432. The number of halogens is 4. The van der Waals surface area contributed by atoms with Gasteiger partial charge in [-0.3, -0.25) is 4.72 Å². The van der Waals surface area contributed by atoms with Gasteiger partial charge in [0.1, 0.15) is 22.3 Å². The average Bonchev–Trinajstić information content (AvgIpc) is 2.81. The largest absolute Gasteiger partial charge is 0.372 e. The third-order valence-electron chi connectivity index (χ3n) is 4.78. The number of nitrogens with one attached hydrogen (secondary N) is 3. The Hall–Kier alpha value is -3.17. The van der Waals surface area contributed by atoms with Gasteiger partial charge >= 0.3 is 0 Å². The summed E-state index contributed by atoms with van der Waals surface area (Å²) in [4.78, 5) is 4.82. The molecule has 3 aromatic rings. The molecule has 35 heavy (non-hydrogen) atoms. The normalized spacial score (nSPS) is 10.7. The second-order valence-electron chi connectivity index (χ2n) is 7.22. The minimum absolute atomic E-state index is 0. The van der Waals surface area contributed by atoms with Crippen molar-refractivity contribution in [2.45, 2.75) is 4.90 Å². The minimum Gasteiger partial charge on any atom is -0.372 e. The molecule has 0 amide bonds. The SMILES string of the molecule is CNCCN(C)c1cc(C#N)ccc1Nc1cc(F)c(S(=O)(=O)Nc2ccc(F)cn2)cc1Cl.Cl. The summed E-state index contributed by atoms with van der Waals surface area (Å²) in [5.41, 5.74) is 1.79. The lowest BCUT2D eigenvalue weighted by Crippen LogP contribution is -2.27. The number of hydrogen-bond acceptors (Lipinski definition) is 7. The van der Waals surface area contributed by atoms with Crippen LogP contribution in [0.25, 0.3) is 0 Å². The zero-order chi connectivity index (χ0) is 24.9. The third-order valence-corrected chi connectivity index (χ3v) is 6.46. The Morgan fingerprint density at radius 1 is 1.14 bits per heavy atom.